The Kier molecular flexibility index (Phi) is 7.26. The van der Waals surface area contributed by atoms with E-state index in [2.05, 4.69) is 4.90 Å². The molecule has 1 aromatic heterocycles. The number of rotatable bonds is 8. The largest absolute Gasteiger partial charge is 0.504 e. The maximum Gasteiger partial charge on any atom is 0.254 e. The van der Waals surface area contributed by atoms with Crippen LogP contribution in [0.15, 0.2) is 65.3 Å². The van der Waals surface area contributed by atoms with Gasteiger partial charge >= 0.3 is 0 Å². The average Bonchev–Trinajstić information content (AvgIpc) is 3.33. The summed E-state index contributed by atoms with van der Waals surface area (Å²) >= 11 is 0. The van der Waals surface area contributed by atoms with Crippen molar-refractivity contribution in [3.63, 3.8) is 0 Å². The molecule has 0 spiro atoms. The van der Waals surface area contributed by atoms with E-state index in [1.165, 1.54) is 31.4 Å². The normalized spacial score (nSPS) is 16.5. The smallest absolute Gasteiger partial charge is 0.254 e. The highest BCUT2D eigenvalue weighted by molar-refractivity contribution is 5.94. The van der Waals surface area contributed by atoms with Gasteiger partial charge in [0.25, 0.3) is 5.91 Å². The molecule has 174 valence electrons. The number of aromatic hydroxyl groups is 1. The molecule has 0 bridgehead atoms. The summed E-state index contributed by atoms with van der Waals surface area (Å²) in [6, 6.07) is 14.4. The Morgan fingerprint density at radius 1 is 1.24 bits per heavy atom. The van der Waals surface area contributed by atoms with E-state index in [4.69, 9.17) is 13.9 Å². The highest BCUT2D eigenvalue weighted by atomic mass is 19.1. The van der Waals surface area contributed by atoms with Crippen LogP contribution in [-0.2, 0) is 17.8 Å². The summed E-state index contributed by atoms with van der Waals surface area (Å²) in [5.41, 5.74) is 1.42. The molecule has 0 saturated carbocycles. The van der Waals surface area contributed by atoms with E-state index in [0.29, 0.717) is 43.3 Å². The lowest BCUT2D eigenvalue weighted by Crippen LogP contribution is -2.48. The first-order chi connectivity index (χ1) is 16.0. The Labute approximate surface area is 191 Å². The molecule has 1 saturated heterocycles. The van der Waals surface area contributed by atoms with E-state index < -0.39 is 0 Å². The topological polar surface area (TPSA) is 75.4 Å². The van der Waals surface area contributed by atoms with Gasteiger partial charge in [0.05, 0.1) is 32.6 Å². The van der Waals surface area contributed by atoms with Crippen molar-refractivity contribution < 1.29 is 28.2 Å². The maximum atomic E-state index is 13.3. The van der Waals surface area contributed by atoms with Crippen molar-refractivity contribution in [2.24, 2.45) is 0 Å². The number of nitrogens with zero attached hydrogens (tertiary/aromatic N) is 2. The van der Waals surface area contributed by atoms with E-state index in [-0.39, 0.29) is 30.1 Å². The van der Waals surface area contributed by atoms with Crippen LogP contribution in [0.5, 0.6) is 11.5 Å². The quantitative estimate of drug-likeness (QED) is 0.560. The fourth-order valence-corrected chi connectivity index (χ4v) is 3.94. The molecule has 8 heteroatoms. The Morgan fingerprint density at radius 2 is 2.06 bits per heavy atom. The van der Waals surface area contributed by atoms with Gasteiger partial charge in [-0.1, -0.05) is 6.07 Å². The van der Waals surface area contributed by atoms with Gasteiger partial charge < -0.3 is 23.9 Å². The molecule has 2 heterocycles. The minimum Gasteiger partial charge on any atom is -0.504 e. The first-order valence-electron chi connectivity index (χ1n) is 10.8. The standard InChI is InChI=1S/C25H27FN2O5/c1-31-24-13-18(4-9-23(24)29)14-27-10-12-33-22(15-27)17-28(16-21-3-2-11-32-21)25(30)19-5-7-20(26)8-6-19/h2-9,11,13,22,29H,10,12,14-17H2,1H3. The fraction of sp³-hybridized carbons (Fsp3) is 0.320. The number of halogens is 1. The zero-order valence-corrected chi connectivity index (χ0v) is 18.4. The monoisotopic (exact) mass is 454 g/mol. The van der Waals surface area contributed by atoms with Crippen LogP contribution in [0, 0.1) is 5.82 Å². The number of furan rings is 1. The number of phenols is 1. The summed E-state index contributed by atoms with van der Waals surface area (Å²) in [6.45, 7) is 3.25. The SMILES string of the molecule is COc1cc(CN2CCOC(CN(Cc3ccco3)C(=O)c3ccc(F)cc3)C2)ccc1O. The number of phenolic OH excluding ortho intramolecular Hbond substituents is 1. The third-order valence-corrected chi connectivity index (χ3v) is 5.60. The summed E-state index contributed by atoms with van der Waals surface area (Å²) in [7, 11) is 1.52. The van der Waals surface area contributed by atoms with Crippen LogP contribution in [0.2, 0.25) is 0 Å². The molecule has 1 N–H and O–H groups in total. The van der Waals surface area contributed by atoms with Gasteiger partial charge in [-0.2, -0.15) is 0 Å². The molecule has 1 atom stereocenters. The van der Waals surface area contributed by atoms with Gasteiger partial charge in [0.1, 0.15) is 11.6 Å². The molecular formula is C25H27FN2O5. The Hall–Kier alpha value is -3.36. The zero-order chi connectivity index (χ0) is 23.2. The summed E-state index contributed by atoms with van der Waals surface area (Å²) in [5, 5.41) is 9.82. The first-order valence-corrected chi connectivity index (χ1v) is 10.8. The van der Waals surface area contributed by atoms with Crippen molar-refractivity contribution in [2.75, 3.05) is 33.4 Å². The van der Waals surface area contributed by atoms with Gasteiger partial charge in [-0.15, -0.1) is 0 Å². The van der Waals surface area contributed by atoms with Gasteiger partial charge in [-0.25, -0.2) is 4.39 Å². The van der Waals surface area contributed by atoms with E-state index >= 15 is 0 Å². The minimum atomic E-state index is -0.388. The van der Waals surface area contributed by atoms with Crippen molar-refractivity contribution in [1.82, 2.24) is 9.80 Å². The van der Waals surface area contributed by atoms with Crippen LogP contribution in [0.3, 0.4) is 0 Å². The van der Waals surface area contributed by atoms with Crippen LogP contribution in [-0.4, -0.2) is 60.3 Å². The highest BCUT2D eigenvalue weighted by Gasteiger charge is 2.26. The second-order valence-corrected chi connectivity index (χ2v) is 8.01. The number of hydrogen-bond donors (Lipinski definition) is 1. The van der Waals surface area contributed by atoms with Crippen molar-refractivity contribution in [1.29, 1.82) is 0 Å². The Balaban J connectivity index is 1.44. The summed E-state index contributed by atoms with van der Waals surface area (Å²) in [6.07, 6.45) is 1.37. The molecule has 1 unspecified atom stereocenters. The second kappa shape index (κ2) is 10.5. The number of morpholine rings is 1. The van der Waals surface area contributed by atoms with Crippen LogP contribution in [0.1, 0.15) is 21.7 Å². The lowest BCUT2D eigenvalue weighted by atomic mass is 10.1. The molecule has 4 rings (SSSR count). The van der Waals surface area contributed by atoms with E-state index in [9.17, 15) is 14.3 Å². The Morgan fingerprint density at radius 3 is 2.79 bits per heavy atom. The zero-order valence-electron chi connectivity index (χ0n) is 18.4. The molecule has 1 fully saturated rings. The molecule has 7 nitrogen and oxygen atoms in total. The number of hydrogen-bond acceptors (Lipinski definition) is 6. The van der Waals surface area contributed by atoms with Gasteiger partial charge in [0.2, 0.25) is 0 Å². The summed E-state index contributed by atoms with van der Waals surface area (Å²) in [5.74, 6) is 0.603. The van der Waals surface area contributed by atoms with E-state index in [1.54, 1.807) is 23.3 Å². The van der Waals surface area contributed by atoms with Gasteiger partial charge in [0.15, 0.2) is 11.5 Å². The fourth-order valence-electron chi connectivity index (χ4n) is 3.94. The molecule has 33 heavy (non-hydrogen) atoms. The third-order valence-electron chi connectivity index (χ3n) is 5.60. The average molecular weight is 454 g/mol. The van der Waals surface area contributed by atoms with Gasteiger partial charge in [0, 0.05) is 31.7 Å². The van der Waals surface area contributed by atoms with Gasteiger partial charge in [-0.3, -0.25) is 9.69 Å². The van der Waals surface area contributed by atoms with Crippen LogP contribution < -0.4 is 4.74 Å². The van der Waals surface area contributed by atoms with Crippen molar-refractivity contribution in [2.45, 2.75) is 19.2 Å². The number of amides is 1. The maximum absolute atomic E-state index is 13.3. The van der Waals surface area contributed by atoms with Gasteiger partial charge in [-0.05, 0) is 54.1 Å². The molecule has 0 aliphatic carbocycles. The first kappa shape index (κ1) is 22.8. The molecule has 2 aromatic carbocycles. The Bertz CT molecular complexity index is 1060. The van der Waals surface area contributed by atoms with Crippen molar-refractivity contribution >= 4 is 5.91 Å². The summed E-state index contributed by atoms with van der Waals surface area (Å²) in [4.78, 5) is 17.1. The van der Waals surface area contributed by atoms with E-state index in [1.807, 2.05) is 18.2 Å². The van der Waals surface area contributed by atoms with E-state index in [0.717, 1.165) is 12.1 Å². The number of methoxy groups -OCH3 is 1. The lowest BCUT2D eigenvalue weighted by molar-refractivity contribution is -0.0442. The highest BCUT2D eigenvalue weighted by Crippen LogP contribution is 2.27. The molecule has 0 radical (unpaired) electrons. The molecular weight excluding hydrogens is 427 g/mol. The summed E-state index contributed by atoms with van der Waals surface area (Å²) < 4.78 is 30.0. The van der Waals surface area contributed by atoms with Crippen LogP contribution in [0.4, 0.5) is 4.39 Å². The molecule has 1 aliphatic rings. The molecule has 1 aliphatic heterocycles. The lowest BCUT2D eigenvalue weighted by Gasteiger charge is -2.35. The minimum absolute atomic E-state index is 0.106. The van der Waals surface area contributed by atoms with Crippen molar-refractivity contribution in [3.8, 4) is 11.5 Å². The van der Waals surface area contributed by atoms with Crippen molar-refractivity contribution in [3.05, 3.63) is 83.6 Å². The third kappa shape index (κ3) is 5.91. The van der Waals surface area contributed by atoms with Crippen LogP contribution in [0.25, 0.3) is 0 Å². The number of carbonyl (C=O) groups is 1. The number of carbonyl (C=O) groups excluding carboxylic acids is 1. The van der Waals surface area contributed by atoms with Crippen LogP contribution >= 0.6 is 0 Å². The second-order valence-electron chi connectivity index (χ2n) is 8.01. The predicted octanol–water partition coefficient (Wildman–Crippen LogP) is 3.68. The number of ether oxygens (including phenoxy) is 2. The molecule has 1 amide bonds. The predicted molar refractivity (Wildman–Crippen MR) is 120 cm³/mol. The number of benzene rings is 2. The molecule has 3 aromatic rings.